The maximum atomic E-state index is 13.9. The van der Waals surface area contributed by atoms with Crippen molar-refractivity contribution >= 4 is 23.2 Å². The number of nitrogens with zero attached hydrogens (tertiary/aromatic N) is 2. The molecule has 2 aromatic carbocycles. The molecular weight excluding hydrogens is 386 g/mol. The second-order valence-electron chi connectivity index (χ2n) is 9.48. The van der Waals surface area contributed by atoms with E-state index in [-0.39, 0.29) is 17.9 Å². The number of hydrogen-bond acceptors (Lipinski definition) is 3. The quantitative estimate of drug-likeness (QED) is 0.769. The van der Waals surface area contributed by atoms with E-state index in [1.807, 2.05) is 75.4 Å². The fraction of sp³-hybridized carbons (Fsp3) is 0.423. The average Bonchev–Trinajstić information content (AvgIpc) is 2.89. The van der Waals surface area contributed by atoms with E-state index >= 15 is 0 Å². The lowest BCUT2D eigenvalue weighted by Crippen LogP contribution is -2.55. The zero-order chi connectivity index (χ0) is 22.0. The average molecular weight is 418 g/mol. The Kier molecular flexibility index (Phi) is 5.94. The van der Waals surface area contributed by atoms with Crippen LogP contribution in [0.25, 0.3) is 0 Å². The maximum absolute atomic E-state index is 13.9. The highest BCUT2D eigenvalue weighted by atomic mass is 16.2. The lowest BCUT2D eigenvalue weighted by Gasteiger charge is -2.41. The van der Waals surface area contributed by atoms with Crippen LogP contribution in [-0.2, 0) is 9.59 Å². The first-order valence-electron chi connectivity index (χ1n) is 11.2. The van der Waals surface area contributed by atoms with Gasteiger partial charge in [0.1, 0.15) is 11.8 Å². The third kappa shape index (κ3) is 4.41. The van der Waals surface area contributed by atoms with Gasteiger partial charge in [-0.3, -0.25) is 9.59 Å². The number of benzene rings is 2. The van der Waals surface area contributed by atoms with Gasteiger partial charge in [-0.2, -0.15) is 0 Å². The number of para-hydroxylation sites is 1. The zero-order valence-corrected chi connectivity index (χ0v) is 18.6. The Morgan fingerprint density at radius 2 is 1.61 bits per heavy atom. The Hall–Kier alpha value is -2.95. The summed E-state index contributed by atoms with van der Waals surface area (Å²) in [6, 6.07) is 16.6. The van der Waals surface area contributed by atoms with Crippen molar-refractivity contribution in [2.75, 3.05) is 0 Å². The van der Waals surface area contributed by atoms with E-state index in [2.05, 4.69) is 5.32 Å². The number of rotatable bonds is 3. The molecular formula is C26H31N3O2. The van der Waals surface area contributed by atoms with Crippen molar-refractivity contribution in [1.82, 2.24) is 10.2 Å². The molecule has 162 valence electrons. The minimum Gasteiger partial charge on any atom is -0.351 e. The van der Waals surface area contributed by atoms with Crippen molar-refractivity contribution in [3.63, 3.8) is 0 Å². The van der Waals surface area contributed by atoms with Crippen molar-refractivity contribution in [2.45, 2.75) is 70.5 Å². The lowest BCUT2D eigenvalue weighted by molar-refractivity contribution is -0.141. The third-order valence-corrected chi connectivity index (χ3v) is 6.11. The summed E-state index contributed by atoms with van der Waals surface area (Å²) in [5.41, 5.74) is 2.00. The van der Waals surface area contributed by atoms with Gasteiger partial charge in [-0.25, -0.2) is 4.99 Å². The van der Waals surface area contributed by atoms with E-state index in [0.717, 1.165) is 36.8 Å². The Balaban J connectivity index is 1.81. The van der Waals surface area contributed by atoms with Crippen molar-refractivity contribution in [3.05, 3.63) is 65.7 Å². The van der Waals surface area contributed by atoms with Crippen LogP contribution in [0.2, 0.25) is 0 Å². The van der Waals surface area contributed by atoms with Gasteiger partial charge >= 0.3 is 0 Å². The van der Waals surface area contributed by atoms with E-state index in [1.165, 1.54) is 6.42 Å². The Bertz CT molecular complexity index is 985. The van der Waals surface area contributed by atoms with Crippen LogP contribution in [0.3, 0.4) is 0 Å². The van der Waals surface area contributed by atoms with E-state index in [4.69, 9.17) is 4.99 Å². The highest BCUT2D eigenvalue weighted by molar-refractivity contribution is 6.46. The fourth-order valence-corrected chi connectivity index (χ4v) is 4.62. The number of carbonyl (C=O) groups excluding carboxylic acids is 2. The molecule has 0 radical (unpaired) electrons. The molecule has 1 aliphatic carbocycles. The summed E-state index contributed by atoms with van der Waals surface area (Å²) in [7, 11) is 0. The summed E-state index contributed by atoms with van der Waals surface area (Å²) in [5.74, 6) is -0.342. The molecule has 4 rings (SSSR count). The summed E-state index contributed by atoms with van der Waals surface area (Å²) < 4.78 is 0. The van der Waals surface area contributed by atoms with Gasteiger partial charge in [0.25, 0.3) is 5.91 Å². The molecule has 1 unspecified atom stereocenters. The Morgan fingerprint density at radius 1 is 0.968 bits per heavy atom. The smallest absolute Gasteiger partial charge is 0.274 e. The van der Waals surface area contributed by atoms with Crippen LogP contribution in [0.5, 0.6) is 0 Å². The van der Waals surface area contributed by atoms with Gasteiger partial charge in [-0.1, -0.05) is 67.8 Å². The van der Waals surface area contributed by atoms with Gasteiger partial charge in [-0.05, 0) is 39.7 Å². The van der Waals surface area contributed by atoms with Gasteiger partial charge < -0.3 is 10.2 Å². The molecule has 1 heterocycles. The molecule has 5 heteroatoms. The molecule has 2 aromatic rings. The molecule has 2 aliphatic rings. The Morgan fingerprint density at radius 3 is 2.29 bits per heavy atom. The third-order valence-electron chi connectivity index (χ3n) is 6.11. The van der Waals surface area contributed by atoms with Crippen LogP contribution < -0.4 is 5.32 Å². The first-order valence-corrected chi connectivity index (χ1v) is 11.2. The van der Waals surface area contributed by atoms with Gasteiger partial charge in [0.2, 0.25) is 5.91 Å². The number of hydrogen-bond donors (Lipinski definition) is 1. The highest BCUT2D eigenvalue weighted by Crippen LogP contribution is 2.38. The first-order chi connectivity index (χ1) is 14.9. The van der Waals surface area contributed by atoms with Gasteiger partial charge in [0.05, 0.1) is 5.69 Å². The predicted octanol–water partition coefficient (Wildman–Crippen LogP) is 4.94. The van der Waals surface area contributed by atoms with Crippen LogP contribution in [-0.4, -0.2) is 34.0 Å². The second kappa shape index (κ2) is 8.66. The molecule has 1 saturated carbocycles. The van der Waals surface area contributed by atoms with E-state index < -0.39 is 11.6 Å². The van der Waals surface area contributed by atoms with Crippen LogP contribution in [0.1, 0.15) is 70.0 Å². The molecule has 5 nitrogen and oxygen atoms in total. The summed E-state index contributed by atoms with van der Waals surface area (Å²) in [5, 5.41) is 3.25. The van der Waals surface area contributed by atoms with E-state index in [9.17, 15) is 9.59 Å². The van der Waals surface area contributed by atoms with E-state index in [1.54, 1.807) is 4.90 Å². The molecule has 1 atom stereocenters. The minimum atomic E-state index is -0.726. The number of carbonyl (C=O) groups is 2. The normalized spacial score (nSPS) is 20.0. The summed E-state index contributed by atoms with van der Waals surface area (Å²) in [4.78, 5) is 34.0. The predicted molar refractivity (Wildman–Crippen MR) is 123 cm³/mol. The second-order valence-corrected chi connectivity index (χ2v) is 9.48. The van der Waals surface area contributed by atoms with Crippen molar-refractivity contribution < 1.29 is 9.59 Å². The molecule has 0 bridgehead atoms. The summed E-state index contributed by atoms with van der Waals surface area (Å²) in [6.07, 6.45) is 5.48. The van der Waals surface area contributed by atoms with Crippen molar-refractivity contribution in [2.24, 2.45) is 4.99 Å². The first kappa shape index (κ1) is 21.3. The van der Waals surface area contributed by atoms with Crippen molar-refractivity contribution in [1.29, 1.82) is 0 Å². The number of fused-ring (bicyclic) bond motifs is 1. The summed E-state index contributed by atoms with van der Waals surface area (Å²) >= 11 is 0. The fourth-order valence-electron chi connectivity index (χ4n) is 4.62. The molecule has 31 heavy (non-hydrogen) atoms. The molecule has 1 fully saturated rings. The van der Waals surface area contributed by atoms with Crippen LogP contribution >= 0.6 is 0 Å². The largest absolute Gasteiger partial charge is 0.351 e. The van der Waals surface area contributed by atoms with E-state index in [0.29, 0.717) is 11.4 Å². The molecule has 0 spiro atoms. The molecule has 0 aromatic heterocycles. The van der Waals surface area contributed by atoms with Crippen molar-refractivity contribution in [3.8, 4) is 0 Å². The molecule has 0 saturated heterocycles. The molecule has 1 N–H and O–H groups in total. The SMILES string of the molecule is CC(C)(C)N1C(=O)C(c2ccccc2)=Nc2ccccc2C1C(=O)NC1CCCCC1. The summed E-state index contributed by atoms with van der Waals surface area (Å²) in [6.45, 7) is 5.92. The highest BCUT2D eigenvalue weighted by Gasteiger charge is 2.43. The van der Waals surface area contributed by atoms with Crippen LogP contribution in [0.15, 0.2) is 59.6 Å². The molecule has 1 aliphatic heterocycles. The van der Waals surface area contributed by atoms with Gasteiger partial charge in [0.15, 0.2) is 0 Å². The maximum Gasteiger partial charge on any atom is 0.274 e. The molecule has 2 amide bonds. The van der Waals surface area contributed by atoms with Crippen LogP contribution in [0, 0.1) is 0 Å². The number of amides is 2. The lowest BCUT2D eigenvalue weighted by atomic mass is 9.93. The standard InChI is InChI=1S/C26H31N3O2/c1-26(2,3)29-23(24(30)27-19-14-8-5-9-15-19)20-16-10-11-17-21(20)28-22(25(29)31)18-12-6-4-7-13-18/h4,6-7,10-13,16-17,19,23H,5,8-9,14-15H2,1-3H3,(H,27,30). The topological polar surface area (TPSA) is 61.8 Å². The van der Waals surface area contributed by atoms with Gasteiger partial charge in [-0.15, -0.1) is 0 Å². The number of nitrogens with one attached hydrogen (secondary N) is 1. The Labute approximate surface area is 184 Å². The van der Waals surface area contributed by atoms with Crippen LogP contribution in [0.4, 0.5) is 5.69 Å². The van der Waals surface area contributed by atoms with Gasteiger partial charge in [0, 0.05) is 22.7 Å². The zero-order valence-electron chi connectivity index (χ0n) is 18.6. The number of aliphatic imine (C=N–C) groups is 1. The minimum absolute atomic E-state index is 0.118. The monoisotopic (exact) mass is 417 g/mol.